The van der Waals surface area contributed by atoms with Crippen LogP contribution < -0.4 is 0 Å². The minimum atomic E-state index is 0.112. The fourth-order valence-corrected chi connectivity index (χ4v) is 3.21. The van der Waals surface area contributed by atoms with Gasteiger partial charge in [0.05, 0.1) is 30.0 Å². The van der Waals surface area contributed by atoms with E-state index in [2.05, 4.69) is 17.2 Å². The van der Waals surface area contributed by atoms with E-state index in [1.807, 2.05) is 42.5 Å². The van der Waals surface area contributed by atoms with Crippen molar-refractivity contribution in [2.75, 3.05) is 13.1 Å². The minimum Gasteiger partial charge on any atom is -0.372 e. The zero-order valence-electron chi connectivity index (χ0n) is 13.5. The van der Waals surface area contributed by atoms with Crippen LogP contribution in [0, 0.1) is 6.92 Å². The maximum Gasteiger partial charge on any atom is 0.224 e. The Hall–Kier alpha value is -1.88. The SMILES string of the molecule is Cc1nn(CCC(=O)N2CC(C)OC(C)C2)c2ccccc12. The van der Waals surface area contributed by atoms with E-state index in [0.29, 0.717) is 26.1 Å². The number of carbonyl (C=O) groups excluding carboxylic acids is 1. The van der Waals surface area contributed by atoms with Crippen molar-refractivity contribution < 1.29 is 9.53 Å². The van der Waals surface area contributed by atoms with Gasteiger partial charge >= 0.3 is 0 Å². The molecule has 0 radical (unpaired) electrons. The molecule has 1 amide bonds. The summed E-state index contributed by atoms with van der Waals surface area (Å²) in [6.07, 6.45) is 0.700. The molecule has 0 bridgehead atoms. The molecule has 1 aliphatic rings. The molecule has 1 fully saturated rings. The van der Waals surface area contributed by atoms with E-state index in [-0.39, 0.29) is 18.1 Å². The highest BCUT2D eigenvalue weighted by Gasteiger charge is 2.25. The quantitative estimate of drug-likeness (QED) is 0.874. The summed E-state index contributed by atoms with van der Waals surface area (Å²) in [5.74, 6) is 0.180. The monoisotopic (exact) mass is 301 g/mol. The molecule has 3 rings (SSSR count). The van der Waals surface area contributed by atoms with Gasteiger partial charge in [0.2, 0.25) is 5.91 Å². The number of hydrogen-bond donors (Lipinski definition) is 0. The lowest BCUT2D eigenvalue weighted by Crippen LogP contribution is -2.48. The Morgan fingerprint density at radius 3 is 2.68 bits per heavy atom. The summed E-state index contributed by atoms with van der Waals surface area (Å²) in [5.41, 5.74) is 2.10. The van der Waals surface area contributed by atoms with E-state index >= 15 is 0 Å². The van der Waals surface area contributed by atoms with Crippen molar-refractivity contribution in [2.45, 2.75) is 45.9 Å². The van der Waals surface area contributed by atoms with Crippen molar-refractivity contribution in [3.8, 4) is 0 Å². The molecule has 2 unspecified atom stereocenters. The molecular weight excluding hydrogens is 278 g/mol. The van der Waals surface area contributed by atoms with Gasteiger partial charge in [-0.05, 0) is 26.8 Å². The smallest absolute Gasteiger partial charge is 0.224 e. The number of aromatic nitrogens is 2. The molecular formula is C17H23N3O2. The van der Waals surface area contributed by atoms with Crippen LogP contribution in [-0.4, -0.2) is 45.9 Å². The number of morpholine rings is 1. The van der Waals surface area contributed by atoms with Crippen molar-refractivity contribution >= 4 is 16.8 Å². The molecule has 2 atom stereocenters. The normalized spacial score (nSPS) is 22.2. The molecule has 1 aromatic carbocycles. The number of fused-ring (bicyclic) bond motifs is 1. The van der Waals surface area contributed by atoms with Gasteiger partial charge in [-0.25, -0.2) is 0 Å². The van der Waals surface area contributed by atoms with Gasteiger partial charge in [-0.15, -0.1) is 0 Å². The van der Waals surface area contributed by atoms with E-state index in [1.54, 1.807) is 0 Å². The second kappa shape index (κ2) is 6.08. The molecule has 0 N–H and O–H groups in total. The van der Waals surface area contributed by atoms with Crippen LogP contribution in [0.2, 0.25) is 0 Å². The van der Waals surface area contributed by atoms with Crippen LogP contribution in [0.1, 0.15) is 26.0 Å². The third-order valence-electron chi connectivity index (χ3n) is 4.15. The number of benzene rings is 1. The lowest BCUT2D eigenvalue weighted by Gasteiger charge is -2.35. The predicted octanol–water partition coefficient (Wildman–Crippen LogP) is 2.37. The Labute approximate surface area is 130 Å². The topological polar surface area (TPSA) is 47.4 Å². The largest absolute Gasteiger partial charge is 0.372 e. The molecule has 22 heavy (non-hydrogen) atoms. The average Bonchev–Trinajstić information content (AvgIpc) is 2.81. The lowest BCUT2D eigenvalue weighted by atomic mass is 10.2. The lowest BCUT2D eigenvalue weighted by molar-refractivity contribution is -0.143. The molecule has 1 aliphatic heterocycles. The van der Waals surface area contributed by atoms with E-state index < -0.39 is 0 Å². The molecule has 0 aliphatic carbocycles. The first-order valence-electron chi connectivity index (χ1n) is 7.90. The van der Waals surface area contributed by atoms with Crippen molar-refractivity contribution in [1.29, 1.82) is 0 Å². The fraction of sp³-hybridized carbons (Fsp3) is 0.529. The van der Waals surface area contributed by atoms with E-state index in [1.165, 1.54) is 0 Å². The van der Waals surface area contributed by atoms with Crippen molar-refractivity contribution in [3.63, 3.8) is 0 Å². The number of aryl methyl sites for hydroxylation is 2. The highest BCUT2D eigenvalue weighted by Crippen LogP contribution is 2.18. The zero-order chi connectivity index (χ0) is 15.7. The summed E-state index contributed by atoms with van der Waals surface area (Å²) >= 11 is 0. The molecule has 1 saturated heterocycles. The molecule has 2 heterocycles. The summed E-state index contributed by atoms with van der Waals surface area (Å²) in [4.78, 5) is 14.3. The number of amides is 1. The molecule has 0 spiro atoms. The number of carbonyl (C=O) groups is 1. The van der Waals surface area contributed by atoms with Crippen LogP contribution in [0.5, 0.6) is 0 Å². The number of rotatable bonds is 3. The van der Waals surface area contributed by atoms with Gasteiger partial charge in [0, 0.05) is 24.9 Å². The van der Waals surface area contributed by atoms with Gasteiger partial charge in [0.1, 0.15) is 0 Å². The standard InChI is InChI=1S/C17H23N3O2/c1-12-10-19(11-13(2)22-12)17(21)8-9-20-16-7-5-4-6-15(16)14(3)18-20/h4-7,12-13H,8-11H2,1-3H3. The Bertz CT molecular complexity index is 670. The summed E-state index contributed by atoms with van der Waals surface area (Å²) in [5, 5.41) is 5.71. The first-order valence-corrected chi connectivity index (χ1v) is 7.90. The van der Waals surface area contributed by atoms with Crippen LogP contribution in [-0.2, 0) is 16.1 Å². The van der Waals surface area contributed by atoms with Gasteiger partial charge in [-0.3, -0.25) is 9.48 Å². The van der Waals surface area contributed by atoms with Crippen LogP contribution in [0.15, 0.2) is 24.3 Å². The maximum atomic E-state index is 12.4. The van der Waals surface area contributed by atoms with Gasteiger partial charge < -0.3 is 9.64 Å². The first kappa shape index (κ1) is 15.0. The molecule has 0 saturated carbocycles. The number of hydrogen-bond acceptors (Lipinski definition) is 3. The third-order valence-corrected chi connectivity index (χ3v) is 4.15. The first-order chi connectivity index (χ1) is 10.5. The second-order valence-corrected chi connectivity index (χ2v) is 6.13. The van der Waals surface area contributed by atoms with E-state index in [0.717, 1.165) is 16.6 Å². The van der Waals surface area contributed by atoms with Gasteiger partial charge in [0.15, 0.2) is 0 Å². The van der Waals surface area contributed by atoms with Gasteiger partial charge in [-0.1, -0.05) is 18.2 Å². The van der Waals surface area contributed by atoms with E-state index in [4.69, 9.17) is 4.74 Å². The van der Waals surface area contributed by atoms with Crippen molar-refractivity contribution in [2.24, 2.45) is 0 Å². The van der Waals surface area contributed by atoms with Crippen LogP contribution in [0.25, 0.3) is 10.9 Å². The third kappa shape index (κ3) is 2.99. The summed E-state index contributed by atoms with van der Waals surface area (Å²) in [6, 6.07) is 8.15. The van der Waals surface area contributed by atoms with Crippen LogP contribution in [0.4, 0.5) is 0 Å². The van der Waals surface area contributed by atoms with Crippen molar-refractivity contribution in [3.05, 3.63) is 30.0 Å². The Morgan fingerprint density at radius 2 is 1.95 bits per heavy atom. The number of para-hydroxylation sites is 1. The molecule has 1 aromatic heterocycles. The van der Waals surface area contributed by atoms with Gasteiger partial charge in [-0.2, -0.15) is 5.10 Å². The number of nitrogens with zero attached hydrogens (tertiary/aromatic N) is 3. The molecule has 118 valence electrons. The minimum absolute atomic E-state index is 0.112. The molecule has 2 aromatic rings. The summed E-state index contributed by atoms with van der Waals surface area (Å²) in [7, 11) is 0. The summed E-state index contributed by atoms with van der Waals surface area (Å²) < 4.78 is 7.62. The van der Waals surface area contributed by atoms with Gasteiger partial charge in [0.25, 0.3) is 0 Å². The van der Waals surface area contributed by atoms with Crippen LogP contribution >= 0.6 is 0 Å². The Balaban J connectivity index is 1.67. The van der Waals surface area contributed by atoms with Crippen LogP contribution in [0.3, 0.4) is 0 Å². The Kier molecular flexibility index (Phi) is 4.16. The summed E-state index contributed by atoms with van der Waals surface area (Å²) in [6.45, 7) is 8.02. The van der Waals surface area contributed by atoms with E-state index in [9.17, 15) is 4.79 Å². The Morgan fingerprint density at radius 1 is 1.27 bits per heavy atom. The second-order valence-electron chi connectivity index (χ2n) is 6.13. The average molecular weight is 301 g/mol. The maximum absolute atomic E-state index is 12.4. The molecule has 5 heteroatoms. The highest BCUT2D eigenvalue weighted by atomic mass is 16.5. The number of ether oxygens (including phenoxy) is 1. The zero-order valence-corrected chi connectivity index (χ0v) is 13.5. The highest BCUT2D eigenvalue weighted by molar-refractivity contribution is 5.82. The van der Waals surface area contributed by atoms with Crippen molar-refractivity contribution in [1.82, 2.24) is 14.7 Å². The fourth-order valence-electron chi connectivity index (χ4n) is 3.21. The predicted molar refractivity (Wildman–Crippen MR) is 85.7 cm³/mol. The molecule has 5 nitrogen and oxygen atoms in total.